The van der Waals surface area contributed by atoms with Crippen molar-refractivity contribution in [1.82, 2.24) is 0 Å². The van der Waals surface area contributed by atoms with E-state index in [1.807, 2.05) is 24.3 Å². The topological polar surface area (TPSA) is 17.1 Å². The predicted octanol–water partition coefficient (Wildman–Crippen LogP) is 3.50. The third-order valence-electron chi connectivity index (χ3n) is 4.05. The molecule has 0 radical (unpaired) electrons. The molecule has 0 aromatic heterocycles. The van der Waals surface area contributed by atoms with Gasteiger partial charge in [0.2, 0.25) is 0 Å². The second-order valence-corrected chi connectivity index (χ2v) is 5.49. The molecule has 2 fully saturated rings. The maximum Gasteiger partial charge on any atom is 0.140 e. The molecule has 0 N–H and O–H groups in total. The molecule has 0 saturated heterocycles. The smallest absolute Gasteiger partial charge is 0.140 e. The van der Waals surface area contributed by atoms with Crippen LogP contribution in [0.3, 0.4) is 0 Å². The van der Waals surface area contributed by atoms with Gasteiger partial charge in [0.15, 0.2) is 0 Å². The van der Waals surface area contributed by atoms with Crippen LogP contribution in [0.4, 0.5) is 0 Å². The van der Waals surface area contributed by atoms with E-state index in [2.05, 4.69) is 0 Å². The minimum absolute atomic E-state index is 0.382. The summed E-state index contributed by atoms with van der Waals surface area (Å²) in [7, 11) is 0. The van der Waals surface area contributed by atoms with Gasteiger partial charge in [0.05, 0.1) is 0 Å². The molecule has 0 aliphatic heterocycles. The maximum absolute atomic E-state index is 12.1. The van der Waals surface area contributed by atoms with E-state index in [1.54, 1.807) is 0 Å². The van der Waals surface area contributed by atoms with Crippen LogP contribution in [-0.4, -0.2) is 5.78 Å². The Hall–Kier alpha value is -0.820. The number of Topliss-reactive ketones (excluding diaryl/α,β-unsaturated/α-hetero) is 1. The Morgan fingerprint density at radius 3 is 2.75 bits per heavy atom. The summed E-state index contributed by atoms with van der Waals surface area (Å²) in [6, 6.07) is 7.65. The number of hydrogen-bond donors (Lipinski definition) is 0. The summed E-state index contributed by atoms with van der Waals surface area (Å²) >= 11 is 5.91. The third-order valence-corrected chi connectivity index (χ3v) is 4.28. The molecule has 0 heterocycles. The summed E-state index contributed by atoms with van der Waals surface area (Å²) in [5, 5.41) is 0.723. The average Bonchev–Trinajstić information content (AvgIpc) is 2.73. The van der Waals surface area contributed by atoms with Crippen molar-refractivity contribution in [1.29, 1.82) is 0 Å². The van der Waals surface area contributed by atoms with Gasteiger partial charge in [-0.2, -0.15) is 0 Å². The molecule has 2 heteroatoms. The van der Waals surface area contributed by atoms with E-state index in [0.29, 0.717) is 18.1 Å². The Balaban J connectivity index is 1.65. The second-order valence-electron chi connectivity index (χ2n) is 5.06. The van der Waals surface area contributed by atoms with E-state index in [9.17, 15) is 4.79 Å². The van der Waals surface area contributed by atoms with Crippen molar-refractivity contribution in [2.45, 2.75) is 25.7 Å². The van der Waals surface area contributed by atoms with E-state index in [0.717, 1.165) is 22.4 Å². The van der Waals surface area contributed by atoms with Gasteiger partial charge in [-0.15, -0.1) is 0 Å². The fourth-order valence-electron chi connectivity index (χ4n) is 3.27. The lowest BCUT2D eigenvalue weighted by atomic mass is 10.0. The fourth-order valence-corrected chi connectivity index (χ4v) is 3.48. The lowest BCUT2D eigenvalue weighted by Gasteiger charge is -2.03. The van der Waals surface area contributed by atoms with Gasteiger partial charge in [-0.1, -0.05) is 30.2 Å². The lowest BCUT2D eigenvalue weighted by molar-refractivity contribution is -0.120. The summed E-state index contributed by atoms with van der Waals surface area (Å²) in [5.41, 5.74) is 1.06. The highest BCUT2D eigenvalue weighted by Gasteiger charge is 2.55. The van der Waals surface area contributed by atoms with Gasteiger partial charge in [-0.25, -0.2) is 0 Å². The maximum atomic E-state index is 12.1. The normalized spacial score (nSPS) is 31.2. The molecule has 0 amide bonds. The molecular formula is C14H15ClO. The van der Waals surface area contributed by atoms with Gasteiger partial charge in [-0.3, -0.25) is 4.79 Å². The number of rotatable bonds is 3. The summed E-state index contributed by atoms with van der Waals surface area (Å²) in [5.74, 6) is 2.27. The standard InChI is InChI=1S/C14H15ClO/c15-10-4-1-3-9(7-10)8-13(16)14-11-5-2-6-12(11)14/h1,3-4,7,11-12,14H,2,5-6,8H2. The highest BCUT2D eigenvalue weighted by Crippen LogP contribution is 2.58. The van der Waals surface area contributed by atoms with Gasteiger partial charge in [0, 0.05) is 17.4 Å². The van der Waals surface area contributed by atoms with Crippen molar-refractivity contribution in [3.05, 3.63) is 34.9 Å². The zero-order chi connectivity index (χ0) is 11.1. The van der Waals surface area contributed by atoms with Crippen LogP contribution in [0.15, 0.2) is 24.3 Å². The van der Waals surface area contributed by atoms with Crippen LogP contribution in [0.2, 0.25) is 5.02 Å². The number of carbonyl (C=O) groups excluding carboxylic acids is 1. The quantitative estimate of drug-likeness (QED) is 0.783. The molecule has 1 aromatic rings. The zero-order valence-corrected chi connectivity index (χ0v) is 9.91. The number of fused-ring (bicyclic) bond motifs is 1. The molecule has 2 atom stereocenters. The van der Waals surface area contributed by atoms with Gasteiger partial charge >= 0.3 is 0 Å². The first-order valence-electron chi connectivity index (χ1n) is 6.03. The molecule has 84 valence electrons. The van der Waals surface area contributed by atoms with Gasteiger partial charge in [0.25, 0.3) is 0 Å². The molecule has 2 saturated carbocycles. The van der Waals surface area contributed by atoms with Crippen LogP contribution >= 0.6 is 11.6 Å². The van der Waals surface area contributed by atoms with Crippen molar-refractivity contribution >= 4 is 17.4 Å². The van der Waals surface area contributed by atoms with Crippen LogP contribution in [0, 0.1) is 17.8 Å². The van der Waals surface area contributed by atoms with Crippen LogP contribution in [0.25, 0.3) is 0 Å². The summed E-state index contributed by atoms with van der Waals surface area (Å²) < 4.78 is 0. The molecular weight excluding hydrogens is 220 g/mol. The SMILES string of the molecule is O=C(Cc1cccc(Cl)c1)C1C2CCCC21. The molecule has 2 unspecified atom stereocenters. The van der Waals surface area contributed by atoms with E-state index < -0.39 is 0 Å². The number of carbonyl (C=O) groups is 1. The number of halogens is 1. The second kappa shape index (κ2) is 3.89. The number of benzene rings is 1. The molecule has 16 heavy (non-hydrogen) atoms. The molecule has 1 aromatic carbocycles. The minimum atomic E-state index is 0.382. The van der Waals surface area contributed by atoms with Crippen LogP contribution < -0.4 is 0 Å². The molecule has 0 spiro atoms. The summed E-state index contributed by atoms with van der Waals surface area (Å²) in [4.78, 5) is 12.1. The van der Waals surface area contributed by atoms with E-state index in [4.69, 9.17) is 11.6 Å². The fraction of sp³-hybridized carbons (Fsp3) is 0.500. The zero-order valence-electron chi connectivity index (χ0n) is 9.16. The minimum Gasteiger partial charge on any atom is -0.299 e. The molecule has 1 nitrogen and oxygen atoms in total. The number of ketones is 1. The van der Waals surface area contributed by atoms with Crippen LogP contribution in [0.5, 0.6) is 0 Å². The van der Waals surface area contributed by atoms with Crippen LogP contribution in [-0.2, 0) is 11.2 Å². The lowest BCUT2D eigenvalue weighted by Crippen LogP contribution is -2.08. The Bertz CT molecular complexity index is 416. The molecule has 0 bridgehead atoms. The monoisotopic (exact) mass is 234 g/mol. The molecule has 2 aliphatic carbocycles. The Morgan fingerprint density at radius 1 is 1.31 bits per heavy atom. The highest BCUT2D eigenvalue weighted by atomic mass is 35.5. The Labute approximate surface area is 101 Å². The molecule has 3 rings (SSSR count). The van der Waals surface area contributed by atoms with Crippen molar-refractivity contribution in [3.8, 4) is 0 Å². The van der Waals surface area contributed by atoms with Crippen molar-refractivity contribution in [2.24, 2.45) is 17.8 Å². The first-order chi connectivity index (χ1) is 7.75. The van der Waals surface area contributed by atoms with E-state index >= 15 is 0 Å². The summed E-state index contributed by atoms with van der Waals surface area (Å²) in [6.45, 7) is 0. The first kappa shape index (κ1) is 10.3. The van der Waals surface area contributed by atoms with Crippen molar-refractivity contribution in [3.63, 3.8) is 0 Å². The van der Waals surface area contributed by atoms with Crippen molar-refractivity contribution < 1.29 is 4.79 Å². The van der Waals surface area contributed by atoms with Crippen LogP contribution in [0.1, 0.15) is 24.8 Å². The van der Waals surface area contributed by atoms with Gasteiger partial charge < -0.3 is 0 Å². The van der Waals surface area contributed by atoms with E-state index in [1.165, 1.54) is 19.3 Å². The third kappa shape index (κ3) is 1.78. The Kier molecular flexibility index (Phi) is 2.51. The number of hydrogen-bond acceptors (Lipinski definition) is 1. The van der Waals surface area contributed by atoms with E-state index in [-0.39, 0.29) is 0 Å². The largest absolute Gasteiger partial charge is 0.299 e. The molecule has 2 aliphatic rings. The first-order valence-corrected chi connectivity index (χ1v) is 6.40. The average molecular weight is 235 g/mol. The van der Waals surface area contributed by atoms with Gasteiger partial charge in [0.1, 0.15) is 5.78 Å². The van der Waals surface area contributed by atoms with Crippen molar-refractivity contribution in [2.75, 3.05) is 0 Å². The summed E-state index contributed by atoms with van der Waals surface area (Å²) in [6.07, 6.45) is 4.45. The Morgan fingerprint density at radius 2 is 2.06 bits per heavy atom. The predicted molar refractivity (Wildman–Crippen MR) is 64.5 cm³/mol. The highest BCUT2D eigenvalue weighted by molar-refractivity contribution is 6.30. The van der Waals surface area contributed by atoms with Gasteiger partial charge in [-0.05, 0) is 42.4 Å².